The van der Waals surface area contributed by atoms with Gasteiger partial charge in [-0.3, -0.25) is 14.8 Å². The van der Waals surface area contributed by atoms with Gasteiger partial charge in [-0.1, -0.05) is 0 Å². The van der Waals surface area contributed by atoms with E-state index in [2.05, 4.69) is 28.6 Å². The third kappa shape index (κ3) is 3.43. The van der Waals surface area contributed by atoms with Gasteiger partial charge in [0.25, 0.3) is 0 Å². The van der Waals surface area contributed by atoms with Crippen LogP contribution in [0.4, 0.5) is 0 Å². The molecule has 2 rings (SSSR count). The van der Waals surface area contributed by atoms with Crippen LogP contribution in [-0.4, -0.2) is 47.0 Å². The standard InChI is InChI=1S/C14H20N4O/c1-11(2)18-5-3-17(4-6-18)10-12-7-13(8-15)14(19)16-9-12/h7,9,11H,3-6,10H2,1-2H3,(H,16,19)/p-1. The van der Waals surface area contributed by atoms with Gasteiger partial charge in [0.2, 0.25) is 0 Å². The van der Waals surface area contributed by atoms with E-state index in [1.54, 1.807) is 12.3 Å². The van der Waals surface area contributed by atoms with Crippen molar-refractivity contribution in [3.8, 4) is 11.9 Å². The summed E-state index contributed by atoms with van der Waals surface area (Å²) >= 11 is 0. The number of hydrogen-bond acceptors (Lipinski definition) is 5. The first-order valence-electron chi connectivity index (χ1n) is 6.62. The molecule has 0 aliphatic carbocycles. The molecule has 0 amide bonds. The molecular weight excluding hydrogens is 240 g/mol. The van der Waals surface area contributed by atoms with Gasteiger partial charge in [0.15, 0.2) is 0 Å². The molecule has 5 nitrogen and oxygen atoms in total. The summed E-state index contributed by atoms with van der Waals surface area (Å²) in [4.78, 5) is 8.53. The summed E-state index contributed by atoms with van der Waals surface area (Å²) in [5.74, 6) is -0.434. The first kappa shape index (κ1) is 13.8. The van der Waals surface area contributed by atoms with Crippen molar-refractivity contribution in [3.05, 3.63) is 23.4 Å². The van der Waals surface area contributed by atoms with E-state index in [-0.39, 0.29) is 5.56 Å². The largest absolute Gasteiger partial charge is 0.858 e. The van der Waals surface area contributed by atoms with Crippen LogP contribution in [0.15, 0.2) is 12.3 Å². The molecule has 1 aromatic rings. The van der Waals surface area contributed by atoms with Crippen LogP contribution < -0.4 is 5.11 Å². The third-order valence-electron chi connectivity index (χ3n) is 3.57. The first-order chi connectivity index (χ1) is 9.10. The molecule has 0 atom stereocenters. The monoisotopic (exact) mass is 259 g/mol. The minimum absolute atomic E-state index is 0.137. The lowest BCUT2D eigenvalue weighted by Gasteiger charge is -2.36. The number of nitrogens with zero attached hydrogens (tertiary/aromatic N) is 4. The summed E-state index contributed by atoms with van der Waals surface area (Å²) in [7, 11) is 0. The molecule has 19 heavy (non-hydrogen) atoms. The second-order valence-electron chi connectivity index (χ2n) is 5.21. The van der Waals surface area contributed by atoms with Crippen LogP contribution in [0.3, 0.4) is 0 Å². The molecule has 0 bridgehead atoms. The summed E-state index contributed by atoms with van der Waals surface area (Å²) in [6, 6.07) is 4.14. The molecule has 2 heterocycles. The molecule has 0 unspecified atom stereocenters. The number of hydrogen-bond donors (Lipinski definition) is 0. The van der Waals surface area contributed by atoms with Gasteiger partial charge in [0, 0.05) is 50.8 Å². The lowest BCUT2D eigenvalue weighted by atomic mass is 10.2. The van der Waals surface area contributed by atoms with Crippen LogP contribution in [0.2, 0.25) is 0 Å². The van der Waals surface area contributed by atoms with E-state index in [9.17, 15) is 5.11 Å². The molecule has 1 saturated heterocycles. The highest BCUT2D eigenvalue weighted by molar-refractivity contribution is 5.38. The molecule has 1 fully saturated rings. The van der Waals surface area contributed by atoms with Crippen molar-refractivity contribution in [2.45, 2.75) is 26.4 Å². The maximum atomic E-state index is 11.3. The third-order valence-corrected chi connectivity index (χ3v) is 3.57. The average molecular weight is 259 g/mol. The molecule has 1 aliphatic rings. The minimum Gasteiger partial charge on any atom is -0.858 e. The molecule has 0 spiro atoms. The first-order valence-corrected chi connectivity index (χ1v) is 6.62. The second kappa shape index (κ2) is 6.00. The van der Waals surface area contributed by atoms with Gasteiger partial charge in [-0.25, -0.2) is 0 Å². The van der Waals surface area contributed by atoms with Crippen molar-refractivity contribution >= 4 is 0 Å². The Morgan fingerprint density at radius 1 is 1.37 bits per heavy atom. The fourth-order valence-electron chi connectivity index (χ4n) is 2.36. The zero-order valence-corrected chi connectivity index (χ0v) is 11.5. The highest BCUT2D eigenvalue weighted by atomic mass is 16.3. The summed E-state index contributed by atoms with van der Waals surface area (Å²) < 4.78 is 0. The molecule has 0 saturated carbocycles. The highest BCUT2D eigenvalue weighted by Gasteiger charge is 2.18. The van der Waals surface area contributed by atoms with E-state index in [1.165, 1.54) is 0 Å². The van der Waals surface area contributed by atoms with E-state index in [0.29, 0.717) is 6.04 Å². The smallest absolute Gasteiger partial charge is 0.100 e. The van der Waals surface area contributed by atoms with Gasteiger partial charge in [0.1, 0.15) is 6.07 Å². The van der Waals surface area contributed by atoms with Crippen LogP contribution in [-0.2, 0) is 6.54 Å². The summed E-state index contributed by atoms with van der Waals surface area (Å²) in [6.07, 6.45) is 1.58. The summed E-state index contributed by atoms with van der Waals surface area (Å²) in [5.41, 5.74) is 1.08. The average Bonchev–Trinajstić information content (AvgIpc) is 2.41. The number of rotatable bonds is 3. The molecular formula is C14H19N4O-. The molecule has 0 radical (unpaired) electrons. The molecule has 1 aromatic heterocycles. The van der Waals surface area contributed by atoms with Crippen molar-refractivity contribution in [3.63, 3.8) is 0 Å². The Hall–Kier alpha value is -1.64. The van der Waals surface area contributed by atoms with Crippen molar-refractivity contribution in [1.82, 2.24) is 14.8 Å². The number of pyridine rings is 1. The van der Waals surface area contributed by atoms with Crippen LogP contribution >= 0.6 is 0 Å². The molecule has 0 aromatic carbocycles. The second-order valence-corrected chi connectivity index (χ2v) is 5.21. The zero-order chi connectivity index (χ0) is 13.8. The fraction of sp³-hybridized carbons (Fsp3) is 0.571. The Balaban J connectivity index is 1.94. The predicted molar refractivity (Wildman–Crippen MR) is 70.4 cm³/mol. The molecule has 0 N–H and O–H groups in total. The molecule has 1 aliphatic heterocycles. The van der Waals surface area contributed by atoms with Gasteiger partial charge >= 0.3 is 0 Å². The number of piperazine rings is 1. The van der Waals surface area contributed by atoms with Crippen molar-refractivity contribution in [2.24, 2.45) is 0 Å². The topological polar surface area (TPSA) is 66.2 Å². The van der Waals surface area contributed by atoms with Gasteiger partial charge in [-0.2, -0.15) is 5.26 Å². The normalized spacial score (nSPS) is 17.6. The van der Waals surface area contributed by atoms with Crippen molar-refractivity contribution in [2.75, 3.05) is 26.2 Å². The van der Waals surface area contributed by atoms with Crippen molar-refractivity contribution in [1.29, 1.82) is 5.26 Å². The maximum absolute atomic E-state index is 11.3. The molecule has 102 valence electrons. The van der Waals surface area contributed by atoms with Gasteiger partial charge < -0.3 is 5.11 Å². The Kier molecular flexibility index (Phi) is 4.35. The molecule has 5 heteroatoms. The van der Waals surface area contributed by atoms with E-state index in [0.717, 1.165) is 38.3 Å². The van der Waals surface area contributed by atoms with Crippen LogP contribution in [0.5, 0.6) is 5.88 Å². The van der Waals surface area contributed by atoms with Gasteiger partial charge in [0.05, 0.1) is 5.56 Å². The van der Waals surface area contributed by atoms with Crippen molar-refractivity contribution < 1.29 is 5.11 Å². The Labute approximate surface area is 114 Å². The van der Waals surface area contributed by atoms with Crippen LogP contribution in [0.1, 0.15) is 25.0 Å². The SMILES string of the molecule is CC(C)N1CCN(Cc2cnc([O-])c(C#N)c2)CC1. The van der Waals surface area contributed by atoms with E-state index in [4.69, 9.17) is 5.26 Å². The van der Waals surface area contributed by atoms with Crippen LogP contribution in [0, 0.1) is 11.3 Å². The number of nitriles is 1. The van der Waals surface area contributed by atoms with E-state index in [1.807, 2.05) is 6.07 Å². The van der Waals surface area contributed by atoms with E-state index >= 15 is 0 Å². The van der Waals surface area contributed by atoms with Crippen LogP contribution in [0.25, 0.3) is 0 Å². The Morgan fingerprint density at radius 2 is 2.05 bits per heavy atom. The lowest BCUT2D eigenvalue weighted by Crippen LogP contribution is -2.48. The van der Waals surface area contributed by atoms with Gasteiger partial charge in [-0.05, 0) is 25.5 Å². The zero-order valence-electron chi connectivity index (χ0n) is 11.5. The van der Waals surface area contributed by atoms with E-state index < -0.39 is 5.88 Å². The van der Waals surface area contributed by atoms with Gasteiger partial charge in [-0.15, -0.1) is 0 Å². The Bertz CT molecular complexity index is 473. The fourth-order valence-corrected chi connectivity index (χ4v) is 2.36. The summed E-state index contributed by atoms with van der Waals surface area (Å²) in [6.45, 7) is 9.34. The predicted octanol–water partition coefficient (Wildman–Crippen LogP) is 0.553. The lowest BCUT2D eigenvalue weighted by molar-refractivity contribution is -0.275. The minimum atomic E-state index is -0.434. The summed E-state index contributed by atoms with van der Waals surface area (Å²) in [5, 5.41) is 20.1. The Morgan fingerprint density at radius 3 is 2.63 bits per heavy atom. The number of aromatic nitrogens is 1. The quantitative estimate of drug-likeness (QED) is 0.793. The highest BCUT2D eigenvalue weighted by Crippen LogP contribution is 2.14. The maximum Gasteiger partial charge on any atom is 0.100 e.